The molecule has 0 spiro atoms. The molecular weight excluding hydrogens is 228 g/mol. The molecule has 0 bridgehead atoms. The third kappa shape index (κ3) is 14.9. The van der Waals surface area contributed by atoms with Gasteiger partial charge in [-0.25, -0.2) is 0 Å². The van der Waals surface area contributed by atoms with Gasteiger partial charge >= 0.3 is 0 Å². The molecule has 0 heterocycles. The Hall–Kier alpha value is -1.10. The summed E-state index contributed by atoms with van der Waals surface area (Å²) in [7, 11) is 0. The van der Waals surface area contributed by atoms with Crippen molar-refractivity contribution in [3.8, 4) is 12.1 Å². The predicted octanol–water partition coefficient (Wildman–Crippen LogP) is 3.19. The standard InChI is InChI=1S/C14H24N2O2/c15-9-5-1-3-7-11-17-13-14-18-12-8-4-2-6-10-16/h1-8,11-14H2. The van der Waals surface area contributed by atoms with Gasteiger partial charge in [-0.05, 0) is 25.7 Å². The maximum Gasteiger partial charge on any atom is 0.0700 e. The predicted molar refractivity (Wildman–Crippen MR) is 69.8 cm³/mol. The molecule has 0 amide bonds. The Morgan fingerprint density at radius 1 is 0.556 bits per heavy atom. The lowest BCUT2D eigenvalue weighted by atomic mass is 10.2. The second kappa shape index (κ2) is 15.9. The van der Waals surface area contributed by atoms with Crippen LogP contribution in [0.3, 0.4) is 0 Å². The van der Waals surface area contributed by atoms with Gasteiger partial charge in [0.25, 0.3) is 0 Å². The van der Waals surface area contributed by atoms with E-state index in [1.807, 2.05) is 0 Å². The zero-order valence-electron chi connectivity index (χ0n) is 11.2. The molecule has 18 heavy (non-hydrogen) atoms. The van der Waals surface area contributed by atoms with Gasteiger partial charge in [0.05, 0.1) is 25.4 Å². The van der Waals surface area contributed by atoms with Gasteiger partial charge in [-0.3, -0.25) is 0 Å². The van der Waals surface area contributed by atoms with E-state index in [0.717, 1.165) is 51.7 Å². The second-order valence-corrected chi connectivity index (χ2v) is 4.16. The van der Waals surface area contributed by atoms with Crippen molar-refractivity contribution >= 4 is 0 Å². The van der Waals surface area contributed by atoms with Gasteiger partial charge in [-0.15, -0.1) is 0 Å². The third-order valence-electron chi connectivity index (χ3n) is 2.53. The number of hydrogen-bond donors (Lipinski definition) is 0. The summed E-state index contributed by atoms with van der Waals surface area (Å²) in [5, 5.41) is 16.7. The second-order valence-electron chi connectivity index (χ2n) is 4.16. The van der Waals surface area contributed by atoms with E-state index < -0.39 is 0 Å². The molecule has 0 N–H and O–H groups in total. The fourth-order valence-electron chi connectivity index (χ4n) is 1.49. The van der Waals surface area contributed by atoms with Crippen LogP contribution in [0.2, 0.25) is 0 Å². The molecule has 0 unspecified atom stereocenters. The van der Waals surface area contributed by atoms with E-state index in [-0.39, 0.29) is 0 Å². The van der Waals surface area contributed by atoms with Crippen LogP contribution >= 0.6 is 0 Å². The van der Waals surface area contributed by atoms with Crippen molar-refractivity contribution in [2.24, 2.45) is 0 Å². The largest absolute Gasteiger partial charge is 0.379 e. The molecule has 0 fully saturated rings. The van der Waals surface area contributed by atoms with Crippen LogP contribution in [0.25, 0.3) is 0 Å². The van der Waals surface area contributed by atoms with Crippen LogP contribution in [0.1, 0.15) is 51.4 Å². The lowest BCUT2D eigenvalue weighted by molar-refractivity contribution is 0.0449. The number of ether oxygens (including phenoxy) is 2. The first kappa shape index (κ1) is 16.9. The van der Waals surface area contributed by atoms with Crippen molar-refractivity contribution in [2.45, 2.75) is 51.4 Å². The Labute approximate surface area is 110 Å². The molecule has 0 aliphatic carbocycles. The molecule has 0 aliphatic heterocycles. The highest BCUT2D eigenvalue weighted by Crippen LogP contribution is 2.00. The fraction of sp³-hybridized carbons (Fsp3) is 0.857. The SMILES string of the molecule is N#CCCCCCOCCOCCCCCC#N. The molecule has 4 heteroatoms. The smallest absolute Gasteiger partial charge is 0.0700 e. The Bertz CT molecular complexity index is 217. The third-order valence-corrected chi connectivity index (χ3v) is 2.53. The molecule has 0 aliphatic rings. The van der Waals surface area contributed by atoms with E-state index in [1.54, 1.807) is 0 Å². The van der Waals surface area contributed by atoms with Gasteiger partial charge in [0.15, 0.2) is 0 Å². The maximum absolute atomic E-state index is 8.34. The van der Waals surface area contributed by atoms with Crippen molar-refractivity contribution in [3.05, 3.63) is 0 Å². The Morgan fingerprint density at radius 3 is 1.39 bits per heavy atom. The summed E-state index contributed by atoms with van der Waals surface area (Å²) in [6.45, 7) is 2.82. The van der Waals surface area contributed by atoms with Gasteiger partial charge < -0.3 is 9.47 Å². The molecule has 102 valence electrons. The highest BCUT2D eigenvalue weighted by atomic mass is 16.5. The van der Waals surface area contributed by atoms with Crippen molar-refractivity contribution in [2.75, 3.05) is 26.4 Å². The van der Waals surface area contributed by atoms with Crippen LogP contribution < -0.4 is 0 Å². The normalized spacial score (nSPS) is 9.89. The van der Waals surface area contributed by atoms with E-state index in [4.69, 9.17) is 20.0 Å². The first-order valence-corrected chi connectivity index (χ1v) is 6.81. The van der Waals surface area contributed by atoms with Crippen LogP contribution in [0.5, 0.6) is 0 Å². The van der Waals surface area contributed by atoms with Crippen LogP contribution in [0.4, 0.5) is 0 Å². The summed E-state index contributed by atoms with van der Waals surface area (Å²) in [6, 6.07) is 4.27. The van der Waals surface area contributed by atoms with E-state index in [0.29, 0.717) is 26.1 Å². The van der Waals surface area contributed by atoms with Crippen LogP contribution in [0.15, 0.2) is 0 Å². The van der Waals surface area contributed by atoms with E-state index in [2.05, 4.69) is 12.1 Å². The first-order valence-electron chi connectivity index (χ1n) is 6.81. The molecule has 4 nitrogen and oxygen atoms in total. The van der Waals surface area contributed by atoms with Gasteiger partial charge in [0, 0.05) is 26.1 Å². The van der Waals surface area contributed by atoms with Crippen molar-refractivity contribution in [1.29, 1.82) is 10.5 Å². The highest BCUT2D eigenvalue weighted by Gasteiger charge is 1.92. The zero-order chi connectivity index (χ0) is 13.3. The Morgan fingerprint density at radius 2 is 1.00 bits per heavy atom. The highest BCUT2D eigenvalue weighted by molar-refractivity contribution is 4.68. The minimum Gasteiger partial charge on any atom is -0.379 e. The van der Waals surface area contributed by atoms with Crippen molar-refractivity contribution in [3.63, 3.8) is 0 Å². The molecular formula is C14H24N2O2. The number of nitriles is 2. The van der Waals surface area contributed by atoms with Crippen LogP contribution in [-0.4, -0.2) is 26.4 Å². The number of nitrogens with zero attached hydrogens (tertiary/aromatic N) is 2. The first-order chi connectivity index (χ1) is 8.91. The van der Waals surface area contributed by atoms with Gasteiger partial charge in [-0.1, -0.05) is 12.8 Å². The Balaban J connectivity index is 2.91. The van der Waals surface area contributed by atoms with Gasteiger partial charge in [0.1, 0.15) is 0 Å². The summed E-state index contributed by atoms with van der Waals surface area (Å²) in [4.78, 5) is 0. The summed E-state index contributed by atoms with van der Waals surface area (Å²) in [5.41, 5.74) is 0. The quantitative estimate of drug-likeness (QED) is 0.472. The summed E-state index contributed by atoms with van der Waals surface area (Å²) >= 11 is 0. The minimum absolute atomic E-state index is 0.648. The summed E-state index contributed by atoms with van der Waals surface area (Å²) in [5.74, 6) is 0. The topological polar surface area (TPSA) is 66.0 Å². The van der Waals surface area contributed by atoms with Crippen LogP contribution in [0, 0.1) is 22.7 Å². The summed E-state index contributed by atoms with van der Waals surface area (Å²) in [6.07, 6.45) is 7.41. The lowest BCUT2D eigenvalue weighted by Gasteiger charge is -2.05. The molecule has 0 rings (SSSR count). The molecule has 0 saturated carbocycles. The maximum atomic E-state index is 8.34. The average molecular weight is 252 g/mol. The minimum atomic E-state index is 0.648. The molecule has 0 aromatic rings. The molecule has 0 atom stereocenters. The molecule has 0 aromatic carbocycles. The molecule has 0 aromatic heterocycles. The van der Waals surface area contributed by atoms with Crippen molar-refractivity contribution < 1.29 is 9.47 Å². The number of unbranched alkanes of at least 4 members (excludes halogenated alkanes) is 6. The van der Waals surface area contributed by atoms with E-state index in [9.17, 15) is 0 Å². The van der Waals surface area contributed by atoms with E-state index in [1.165, 1.54) is 0 Å². The van der Waals surface area contributed by atoms with Crippen LogP contribution in [-0.2, 0) is 9.47 Å². The fourth-order valence-corrected chi connectivity index (χ4v) is 1.49. The lowest BCUT2D eigenvalue weighted by Crippen LogP contribution is -2.06. The number of rotatable bonds is 13. The Kier molecular flexibility index (Phi) is 14.9. The molecule has 0 radical (unpaired) electrons. The molecule has 0 saturated heterocycles. The van der Waals surface area contributed by atoms with E-state index >= 15 is 0 Å². The average Bonchev–Trinajstić information content (AvgIpc) is 2.39. The van der Waals surface area contributed by atoms with Gasteiger partial charge in [-0.2, -0.15) is 10.5 Å². The monoisotopic (exact) mass is 252 g/mol. The number of hydrogen-bond acceptors (Lipinski definition) is 4. The summed E-state index contributed by atoms with van der Waals surface area (Å²) < 4.78 is 10.8. The van der Waals surface area contributed by atoms with Gasteiger partial charge in [0.2, 0.25) is 0 Å². The van der Waals surface area contributed by atoms with Crippen molar-refractivity contribution in [1.82, 2.24) is 0 Å². The zero-order valence-corrected chi connectivity index (χ0v) is 11.2.